The van der Waals surface area contributed by atoms with Gasteiger partial charge in [0.1, 0.15) is 18.1 Å². The van der Waals surface area contributed by atoms with Crippen molar-refractivity contribution in [3.8, 4) is 11.5 Å². The van der Waals surface area contributed by atoms with E-state index in [0.29, 0.717) is 31.6 Å². The summed E-state index contributed by atoms with van der Waals surface area (Å²) >= 11 is 0. The van der Waals surface area contributed by atoms with E-state index in [-0.39, 0.29) is 6.42 Å². The summed E-state index contributed by atoms with van der Waals surface area (Å²) in [5.41, 5.74) is 5.98. The van der Waals surface area contributed by atoms with Crippen molar-refractivity contribution in [1.29, 1.82) is 0 Å². The molecule has 5 nitrogen and oxygen atoms in total. The number of carboxylic acids is 1. The van der Waals surface area contributed by atoms with E-state index in [0.717, 1.165) is 42.0 Å². The highest BCUT2D eigenvalue weighted by Crippen LogP contribution is 2.34. The Kier molecular flexibility index (Phi) is 8.52. The maximum Gasteiger partial charge on any atom is 0.303 e. The molecule has 0 fully saturated rings. The first-order valence-electron chi connectivity index (χ1n) is 12.9. The van der Waals surface area contributed by atoms with Crippen LogP contribution in [0.25, 0.3) is 0 Å². The second-order valence-corrected chi connectivity index (χ2v) is 10.1. The second kappa shape index (κ2) is 12.0. The van der Waals surface area contributed by atoms with Gasteiger partial charge in [0.25, 0.3) is 0 Å². The quantitative estimate of drug-likeness (QED) is 0.328. The highest BCUT2D eigenvalue weighted by Gasteiger charge is 2.24. The molecule has 0 aromatic heterocycles. The molecule has 0 saturated carbocycles. The van der Waals surface area contributed by atoms with Crippen molar-refractivity contribution in [2.24, 2.45) is 5.92 Å². The molecule has 0 bridgehead atoms. The maximum atomic E-state index is 10.8. The van der Waals surface area contributed by atoms with E-state index in [2.05, 4.69) is 68.1 Å². The normalized spacial score (nSPS) is 15.0. The predicted octanol–water partition coefficient (Wildman–Crippen LogP) is 6.66. The van der Waals surface area contributed by atoms with Crippen LogP contribution >= 0.6 is 0 Å². The summed E-state index contributed by atoms with van der Waals surface area (Å²) in [4.78, 5) is 13.3. The molecule has 5 heteroatoms. The summed E-state index contributed by atoms with van der Waals surface area (Å²) in [7, 11) is 0. The van der Waals surface area contributed by atoms with Gasteiger partial charge in [-0.1, -0.05) is 50.2 Å². The van der Waals surface area contributed by atoms with Gasteiger partial charge >= 0.3 is 5.97 Å². The number of carbonyl (C=O) groups is 1. The molecule has 0 saturated heterocycles. The molecule has 1 unspecified atom stereocenters. The van der Waals surface area contributed by atoms with E-state index in [9.17, 15) is 4.79 Å². The molecule has 0 radical (unpaired) electrons. The Morgan fingerprint density at radius 2 is 1.78 bits per heavy atom. The third kappa shape index (κ3) is 6.81. The van der Waals surface area contributed by atoms with Crippen LogP contribution in [0.3, 0.4) is 0 Å². The first-order valence-corrected chi connectivity index (χ1v) is 12.9. The van der Waals surface area contributed by atoms with Crippen molar-refractivity contribution in [2.75, 3.05) is 11.5 Å². The zero-order valence-electron chi connectivity index (χ0n) is 21.6. The molecule has 36 heavy (non-hydrogen) atoms. The number of fused-ring (bicyclic) bond motifs is 1. The van der Waals surface area contributed by atoms with Crippen molar-refractivity contribution in [1.82, 2.24) is 0 Å². The van der Waals surface area contributed by atoms with Crippen LogP contribution in [-0.2, 0) is 30.8 Å². The zero-order chi connectivity index (χ0) is 25.5. The Hall–Kier alpha value is -3.47. The Balaban J connectivity index is 1.50. The molecular formula is C31H37NO4. The van der Waals surface area contributed by atoms with Crippen LogP contribution in [0, 0.1) is 5.92 Å². The molecule has 1 atom stereocenters. The maximum absolute atomic E-state index is 10.8. The highest BCUT2D eigenvalue weighted by atomic mass is 16.5. The number of benzene rings is 3. The Morgan fingerprint density at radius 1 is 1.03 bits per heavy atom. The molecule has 0 amide bonds. The fourth-order valence-electron chi connectivity index (χ4n) is 4.60. The van der Waals surface area contributed by atoms with Crippen LogP contribution in [0.15, 0.2) is 66.7 Å². The minimum Gasteiger partial charge on any atom is -0.493 e. The Labute approximate surface area is 214 Å². The average molecular weight is 488 g/mol. The van der Waals surface area contributed by atoms with Gasteiger partial charge in [0.05, 0.1) is 6.61 Å². The van der Waals surface area contributed by atoms with Crippen LogP contribution < -0.4 is 14.4 Å². The third-order valence-corrected chi connectivity index (χ3v) is 6.66. The summed E-state index contributed by atoms with van der Waals surface area (Å²) in [6, 6.07) is 23.2. The molecule has 3 aromatic carbocycles. The van der Waals surface area contributed by atoms with Gasteiger partial charge < -0.3 is 19.5 Å². The van der Waals surface area contributed by atoms with E-state index in [1.54, 1.807) is 0 Å². The SMILES string of the molecule is CC(C)COc1ccc(COc2ccc(CCC(=O)O)cc2)cc1CN1c2ccccc2CCC1C. The van der Waals surface area contributed by atoms with E-state index in [1.807, 2.05) is 24.3 Å². The summed E-state index contributed by atoms with van der Waals surface area (Å²) in [5, 5.41) is 8.87. The van der Waals surface area contributed by atoms with Crippen molar-refractivity contribution in [3.05, 3.63) is 89.0 Å². The minimum absolute atomic E-state index is 0.133. The largest absolute Gasteiger partial charge is 0.493 e. The topological polar surface area (TPSA) is 59.0 Å². The van der Waals surface area contributed by atoms with Crippen LogP contribution in [-0.4, -0.2) is 23.7 Å². The molecule has 3 aromatic rings. The molecule has 190 valence electrons. The molecular weight excluding hydrogens is 450 g/mol. The van der Waals surface area contributed by atoms with E-state index in [1.165, 1.54) is 16.8 Å². The summed E-state index contributed by atoms with van der Waals surface area (Å²) in [6.45, 7) is 8.56. The standard InChI is InChI=1S/C31H37NO4/c1-22(2)20-36-30-16-11-25(21-35-28-14-9-24(10-15-28)12-17-31(33)34)18-27(30)19-32-23(3)8-13-26-6-4-5-7-29(26)32/h4-7,9-11,14-16,18,22-23H,8,12-13,17,19-21H2,1-3H3,(H,33,34). The lowest BCUT2D eigenvalue weighted by Crippen LogP contribution is -2.36. The van der Waals surface area contributed by atoms with Crippen molar-refractivity contribution in [2.45, 2.75) is 65.6 Å². The first kappa shape index (κ1) is 25.6. The highest BCUT2D eigenvalue weighted by molar-refractivity contribution is 5.67. The first-order chi connectivity index (χ1) is 17.4. The third-order valence-electron chi connectivity index (χ3n) is 6.66. The number of aryl methyl sites for hydroxylation is 2. The molecule has 1 aliphatic heterocycles. The van der Waals surface area contributed by atoms with Gasteiger partial charge in [0.2, 0.25) is 0 Å². The summed E-state index contributed by atoms with van der Waals surface area (Å²) < 4.78 is 12.3. The van der Waals surface area contributed by atoms with Gasteiger partial charge in [0, 0.05) is 30.3 Å². The zero-order valence-corrected chi connectivity index (χ0v) is 21.6. The molecule has 4 rings (SSSR count). The van der Waals surface area contributed by atoms with Gasteiger partial charge in [-0.3, -0.25) is 4.79 Å². The van der Waals surface area contributed by atoms with Gasteiger partial charge in [-0.05, 0) is 79.1 Å². The van der Waals surface area contributed by atoms with E-state index in [4.69, 9.17) is 14.6 Å². The number of nitrogens with zero attached hydrogens (tertiary/aromatic N) is 1. The van der Waals surface area contributed by atoms with E-state index < -0.39 is 5.97 Å². The lowest BCUT2D eigenvalue weighted by molar-refractivity contribution is -0.136. The summed E-state index contributed by atoms with van der Waals surface area (Å²) in [5.74, 6) is 1.38. The Bertz CT molecular complexity index is 1160. The average Bonchev–Trinajstić information content (AvgIpc) is 2.87. The van der Waals surface area contributed by atoms with Crippen molar-refractivity contribution in [3.63, 3.8) is 0 Å². The van der Waals surface area contributed by atoms with Crippen molar-refractivity contribution < 1.29 is 19.4 Å². The number of para-hydroxylation sites is 1. The smallest absolute Gasteiger partial charge is 0.303 e. The lowest BCUT2D eigenvalue weighted by Gasteiger charge is -2.37. The predicted molar refractivity (Wildman–Crippen MR) is 144 cm³/mol. The molecule has 1 N–H and O–H groups in total. The van der Waals surface area contributed by atoms with Gasteiger partial charge in [-0.15, -0.1) is 0 Å². The lowest BCUT2D eigenvalue weighted by atomic mass is 9.95. The summed E-state index contributed by atoms with van der Waals surface area (Å²) in [6.07, 6.45) is 2.92. The number of rotatable bonds is 11. The fourth-order valence-corrected chi connectivity index (χ4v) is 4.60. The van der Waals surface area contributed by atoms with E-state index >= 15 is 0 Å². The fraction of sp³-hybridized carbons (Fsp3) is 0.387. The number of hydrogen-bond acceptors (Lipinski definition) is 4. The van der Waals surface area contributed by atoms with Crippen LogP contribution in [0.4, 0.5) is 5.69 Å². The number of ether oxygens (including phenoxy) is 2. The monoisotopic (exact) mass is 487 g/mol. The minimum atomic E-state index is -0.783. The van der Waals surface area contributed by atoms with Crippen LogP contribution in [0.1, 0.15) is 55.9 Å². The molecule has 0 spiro atoms. The van der Waals surface area contributed by atoms with Gasteiger partial charge in [0.15, 0.2) is 0 Å². The van der Waals surface area contributed by atoms with Crippen molar-refractivity contribution >= 4 is 11.7 Å². The molecule has 0 aliphatic carbocycles. The number of anilines is 1. The van der Waals surface area contributed by atoms with Crippen LogP contribution in [0.5, 0.6) is 11.5 Å². The second-order valence-electron chi connectivity index (χ2n) is 10.1. The van der Waals surface area contributed by atoms with Crippen LogP contribution in [0.2, 0.25) is 0 Å². The van der Waals surface area contributed by atoms with Gasteiger partial charge in [-0.2, -0.15) is 0 Å². The molecule has 1 heterocycles. The number of aliphatic carboxylic acids is 1. The number of carboxylic acid groups (broad SMARTS) is 1. The Morgan fingerprint density at radius 3 is 2.53 bits per heavy atom. The number of hydrogen-bond donors (Lipinski definition) is 1. The molecule has 1 aliphatic rings. The van der Waals surface area contributed by atoms with Gasteiger partial charge in [-0.25, -0.2) is 0 Å².